The van der Waals surface area contributed by atoms with Gasteiger partial charge in [-0.2, -0.15) is 0 Å². The largest absolute Gasteiger partial charge is 0.494 e. The van der Waals surface area contributed by atoms with Crippen LogP contribution >= 0.6 is 0 Å². The fourth-order valence-electron chi connectivity index (χ4n) is 2.38. The Hall–Kier alpha value is -3.61. The molecule has 7 nitrogen and oxygen atoms in total. The average molecular weight is 350 g/mol. The van der Waals surface area contributed by atoms with E-state index < -0.39 is 11.8 Å². The molecule has 3 aromatic rings. The molecule has 0 radical (unpaired) electrons. The summed E-state index contributed by atoms with van der Waals surface area (Å²) >= 11 is 0. The van der Waals surface area contributed by atoms with E-state index in [-0.39, 0.29) is 0 Å². The molecule has 1 aromatic heterocycles. The number of carbonyl (C=O) groups is 2. The third-order valence-corrected chi connectivity index (χ3v) is 3.62. The summed E-state index contributed by atoms with van der Waals surface area (Å²) in [4.78, 5) is 28.5. The summed E-state index contributed by atoms with van der Waals surface area (Å²) in [5, 5.41) is 0. The number of nitrogens with zero attached hydrogens (tertiary/aromatic N) is 2. The van der Waals surface area contributed by atoms with E-state index in [9.17, 15) is 9.59 Å². The maximum atomic E-state index is 12.4. The lowest BCUT2D eigenvalue weighted by atomic mass is 10.2. The molecule has 0 fully saturated rings. The number of rotatable bonds is 5. The van der Waals surface area contributed by atoms with Crippen molar-refractivity contribution in [2.24, 2.45) is 0 Å². The van der Waals surface area contributed by atoms with E-state index in [1.165, 1.54) is 6.20 Å². The van der Waals surface area contributed by atoms with E-state index in [4.69, 9.17) is 4.74 Å². The highest BCUT2D eigenvalue weighted by atomic mass is 16.5. The number of hydrogen-bond acceptors (Lipinski definition) is 4. The Labute approximate surface area is 150 Å². The van der Waals surface area contributed by atoms with Crippen LogP contribution in [-0.2, 0) is 0 Å². The Kier molecular flexibility index (Phi) is 5.28. The minimum absolute atomic E-state index is 0.309. The molecule has 1 heterocycles. The van der Waals surface area contributed by atoms with Crippen LogP contribution < -0.4 is 15.6 Å². The molecule has 0 bridgehead atoms. The molecule has 0 saturated heterocycles. The minimum atomic E-state index is -0.467. The van der Waals surface area contributed by atoms with Gasteiger partial charge in [-0.25, -0.2) is 4.98 Å². The summed E-state index contributed by atoms with van der Waals surface area (Å²) in [5.74, 6) is -0.210. The maximum absolute atomic E-state index is 12.4. The molecule has 0 atom stereocenters. The smallest absolute Gasteiger partial charge is 0.288 e. The van der Waals surface area contributed by atoms with Crippen molar-refractivity contribution >= 4 is 11.8 Å². The fraction of sp³-hybridized carbons (Fsp3) is 0.105. The second-order valence-electron chi connectivity index (χ2n) is 5.35. The number of aromatic nitrogens is 2. The molecule has 7 heteroatoms. The van der Waals surface area contributed by atoms with Crippen LogP contribution in [0.1, 0.15) is 27.8 Å². The molecule has 0 spiro atoms. The van der Waals surface area contributed by atoms with Crippen LogP contribution in [0, 0.1) is 0 Å². The molecule has 132 valence electrons. The highest BCUT2D eigenvalue weighted by Gasteiger charge is 2.14. The number of para-hydroxylation sites is 1. The van der Waals surface area contributed by atoms with Crippen molar-refractivity contribution in [1.82, 2.24) is 20.4 Å². The zero-order valence-electron chi connectivity index (χ0n) is 14.2. The lowest BCUT2D eigenvalue weighted by Crippen LogP contribution is -2.42. The molecular weight excluding hydrogens is 332 g/mol. The predicted octanol–water partition coefficient (Wildman–Crippen LogP) is 2.35. The summed E-state index contributed by atoms with van der Waals surface area (Å²) in [7, 11) is 0. The van der Waals surface area contributed by atoms with Gasteiger partial charge in [0.15, 0.2) is 0 Å². The standard InChI is InChI=1S/C19H18N4O3/c1-2-26-16-10-8-14(9-11-16)18(24)21-22-19(25)17-12-20-13-23(17)15-6-4-3-5-7-15/h3-13H,2H2,1H3,(H,21,24)(H,22,25). The van der Waals surface area contributed by atoms with Crippen LogP contribution in [0.25, 0.3) is 5.69 Å². The molecule has 0 aliphatic carbocycles. The van der Waals surface area contributed by atoms with Crippen molar-refractivity contribution in [3.05, 3.63) is 78.4 Å². The molecule has 0 unspecified atom stereocenters. The molecule has 0 saturated carbocycles. The maximum Gasteiger partial charge on any atom is 0.288 e. The zero-order valence-corrected chi connectivity index (χ0v) is 14.2. The summed E-state index contributed by atoms with van der Waals surface area (Å²) in [6, 6.07) is 16.0. The normalized spacial score (nSPS) is 10.2. The topological polar surface area (TPSA) is 85.2 Å². The Bertz CT molecular complexity index is 889. The highest BCUT2D eigenvalue weighted by molar-refractivity contribution is 5.98. The van der Waals surface area contributed by atoms with E-state index >= 15 is 0 Å². The number of hydrogen-bond donors (Lipinski definition) is 2. The third kappa shape index (κ3) is 3.89. The van der Waals surface area contributed by atoms with Crippen LogP contribution in [-0.4, -0.2) is 28.0 Å². The van der Waals surface area contributed by atoms with Gasteiger partial charge in [0.2, 0.25) is 0 Å². The number of imidazole rings is 1. The SMILES string of the molecule is CCOc1ccc(C(=O)NNC(=O)c2cncn2-c2ccccc2)cc1. The summed E-state index contributed by atoms with van der Waals surface area (Å²) in [6.07, 6.45) is 2.98. The van der Waals surface area contributed by atoms with Gasteiger partial charge < -0.3 is 4.74 Å². The first kappa shape index (κ1) is 17.2. The molecule has 2 N–H and O–H groups in total. The lowest BCUT2D eigenvalue weighted by Gasteiger charge is -2.10. The van der Waals surface area contributed by atoms with Gasteiger partial charge in [-0.3, -0.25) is 25.0 Å². The number of ether oxygens (including phenoxy) is 1. The quantitative estimate of drug-likeness (QED) is 0.692. The van der Waals surface area contributed by atoms with Gasteiger partial charge in [-0.15, -0.1) is 0 Å². The van der Waals surface area contributed by atoms with Crippen molar-refractivity contribution in [2.75, 3.05) is 6.61 Å². The number of nitrogens with one attached hydrogen (secondary N) is 2. The van der Waals surface area contributed by atoms with Crippen molar-refractivity contribution in [2.45, 2.75) is 6.92 Å². The first-order valence-electron chi connectivity index (χ1n) is 8.10. The van der Waals surface area contributed by atoms with Crippen LogP contribution in [0.15, 0.2) is 67.1 Å². The fourth-order valence-corrected chi connectivity index (χ4v) is 2.38. The second kappa shape index (κ2) is 7.98. The third-order valence-electron chi connectivity index (χ3n) is 3.62. The monoisotopic (exact) mass is 350 g/mol. The van der Waals surface area contributed by atoms with Gasteiger partial charge in [0, 0.05) is 11.3 Å². The summed E-state index contributed by atoms with van der Waals surface area (Å²) in [6.45, 7) is 2.44. The highest BCUT2D eigenvalue weighted by Crippen LogP contribution is 2.12. The molecule has 0 aliphatic heterocycles. The van der Waals surface area contributed by atoms with Crippen molar-refractivity contribution in [3.63, 3.8) is 0 Å². The predicted molar refractivity (Wildman–Crippen MR) is 96.1 cm³/mol. The van der Waals surface area contributed by atoms with Gasteiger partial charge in [-0.1, -0.05) is 18.2 Å². The first-order valence-corrected chi connectivity index (χ1v) is 8.10. The average Bonchev–Trinajstić information content (AvgIpc) is 3.17. The molecule has 2 aromatic carbocycles. The summed E-state index contributed by atoms with van der Waals surface area (Å²) in [5.41, 5.74) is 6.31. The van der Waals surface area contributed by atoms with Crippen molar-refractivity contribution < 1.29 is 14.3 Å². The lowest BCUT2D eigenvalue weighted by molar-refractivity contribution is 0.0843. The van der Waals surface area contributed by atoms with Gasteiger partial charge in [0.1, 0.15) is 11.4 Å². The van der Waals surface area contributed by atoms with E-state index in [0.717, 1.165) is 5.69 Å². The molecule has 2 amide bonds. The van der Waals surface area contributed by atoms with Crippen LogP contribution in [0.5, 0.6) is 5.75 Å². The van der Waals surface area contributed by atoms with E-state index in [0.29, 0.717) is 23.6 Å². The Morgan fingerprint density at radius 2 is 1.69 bits per heavy atom. The van der Waals surface area contributed by atoms with Gasteiger partial charge in [-0.05, 0) is 43.3 Å². The van der Waals surface area contributed by atoms with Crippen LogP contribution in [0.3, 0.4) is 0 Å². The second-order valence-corrected chi connectivity index (χ2v) is 5.35. The molecular formula is C19H18N4O3. The molecule has 0 aliphatic rings. The number of carbonyl (C=O) groups excluding carboxylic acids is 2. The van der Waals surface area contributed by atoms with Crippen LogP contribution in [0.4, 0.5) is 0 Å². The molecule has 26 heavy (non-hydrogen) atoms. The van der Waals surface area contributed by atoms with Gasteiger partial charge >= 0.3 is 0 Å². The number of hydrazine groups is 1. The van der Waals surface area contributed by atoms with Crippen LogP contribution in [0.2, 0.25) is 0 Å². The zero-order chi connectivity index (χ0) is 18.4. The number of benzene rings is 2. The summed E-state index contributed by atoms with van der Waals surface area (Å²) < 4.78 is 6.97. The van der Waals surface area contributed by atoms with E-state index in [2.05, 4.69) is 15.8 Å². The van der Waals surface area contributed by atoms with Crippen molar-refractivity contribution in [1.29, 1.82) is 0 Å². The van der Waals surface area contributed by atoms with Gasteiger partial charge in [0.25, 0.3) is 11.8 Å². The first-order chi connectivity index (χ1) is 12.7. The Morgan fingerprint density at radius 3 is 2.38 bits per heavy atom. The van der Waals surface area contributed by atoms with Crippen molar-refractivity contribution in [3.8, 4) is 11.4 Å². The number of amides is 2. The Balaban J connectivity index is 1.64. The van der Waals surface area contributed by atoms with E-state index in [1.807, 2.05) is 37.3 Å². The minimum Gasteiger partial charge on any atom is -0.494 e. The van der Waals surface area contributed by atoms with E-state index in [1.54, 1.807) is 35.2 Å². The Morgan fingerprint density at radius 1 is 1.00 bits per heavy atom. The molecule has 3 rings (SSSR count). The van der Waals surface area contributed by atoms with Gasteiger partial charge in [0.05, 0.1) is 19.1 Å².